The molecule has 0 amide bonds. The van der Waals surface area contributed by atoms with Gasteiger partial charge in [0, 0.05) is 41.9 Å². The molecule has 2 aliphatic rings. The minimum atomic E-state index is -0.314. The molecule has 2 aromatic carbocycles. The highest BCUT2D eigenvalue weighted by Crippen LogP contribution is 2.51. The number of fused-ring (bicyclic) bond motifs is 1. The molecule has 0 saturated carbocycles. The Bertz CT molecular complexity index is 985. The summed E-state index contributed by atoms with van der Waals surface area (Å²) in [4.78, 5) is 26.1. The molecule has 0 N–H and O–H groups in total. The molecule has 4 rings (SSSR count). The normalized spacial score (nSPS) is 19.8. The topological polar surface area (TPSA) is 52.6 Å². The Labute approximate surface area is 171 Å². The van der Waals surface area contributed by atoms with E-state index in [-0.39, 0.29) is 29.3 Å². The number of rotatable bonds is 5. The van der Waals surface area contributed by atoms with Gasteiger partial charge < -0.3 is 9.47 Å². The SMILES string of the molecule is CCOc1cccc2c1OC1=C(C(=O)CC(C)(C)C1)C2CC(=O)c1ccccc1. The maximum atomic E-state index is 13.1. The number of ketones is 2. The van der Waals surface area contributed by atoms with Crippen LogP contribution in [-0.2, 0) is 4.79 Å². The number of carbonyl (C=O) groups is 2. The van der Waals surface area contributed by atoms with Crippen LogP contribution < -0.4 is 9.47 Å². The van der Waals surface area contributed by atoms with Crippen molar-refractivity contribution < 1.29 is 19.1 Å². The van der Waals surface area contributed by atoms with Crippen LogP contribution >= 0.6 is 0 Å². The van der Waals surface area contributed by atoms with Crippen molar-refractivity contribution in [2.75, 3.05) is 6.61 Å². The molecule has 1 heterocycles. The molecule has 0 saturated heterocycles. The fraction of sp³-hybridized carbons (Fsp3) is 0.360. The lowest BCUT2D eigenvalue weighted by atomic mass is 9.70. The van der Waals surface area contributed by atoms with Gasteiger partial charge in [-0.3, -0.25) is 9.59 Å². The molecule has 0 fully saturated rings. The number of benzene rings is 2. The van der Waals surface area contributed by atoms with Crippen LogP contribution in [0.3, 0.4) is 0 Å². The quantitative estimate of drug-likeness (QED) is 0.635. The lowest BCUT2D eigenvalue weighted by molar-refractivity contribution is -0.118. The van der Waals surface area contributed by atoms with Gasteiger partial charge in [0.05, 0.1) is 6.61 Å². The van der Waals surface area contributed by atoms with Crippen molar-refractivity contribution in [3.05, 3.63) is 71.0 Å². The zero-order chi connectivity index (χ0) is 20.6. The molecule has 0 radical (unpaired) electrons. The zero-order valence-corrected chi connectivity index (χ0v) is 17.2. The molecule has 4 nitrogen and oxygen atoms in total. The van der Waals surface area contributed by atoms with E-state index in [9.17, 15) is 9.59 Å². The Kier molecular flexibility index (Phi) is 5.03. The van der Waals surface area contributed by atoms with E-state index >= 15 is 0 Å². The van der Waals surface area contributed by atoms with Gasteiger partial charge in [-0.15, -0.1) is 0 Å². The van der Waals surface area contributed by atoms with Crippen LogP contribution in [0, 0.1) is 5.41 Å². The van der Waals surface area contributed by atoms with E-state index in [1.807, 2.05) is 55.5 Å². The van der Waals surface area contributed by atoms with Crippen LogP contribution in [0.15, 0.2) is 59.9 Å². The molecular formula is C25H26O4. The Morgan fingerprint density at radius 3 is 2.59 bits per heavy atom. The first-order valence-corrected chi connectivity index (χ1v) is 10.2. The van der Waals surface area contributed by atoms with E-state index in [0.29, 0.717) is 47.8 Å². The van der Waals surface area contributed by atoms with Gasteiger partial charge in [-0.25, -0.2) is 0 Å². The first-order chi connectivity index (χ1) is 13.9. The maximum Gasteiger partial charge on any atom is 0.172 e. The van der Waals surface area contributed by atoms with Crippen molar-refractivity contribution in [3.63, 3.8) is 0 Å². The summed E-state index contributed by atoms with van der Waals surface area (Å²) in [5, 5.41) is 0. The van der Waals surface area contributed by atoms with E-state index in [1.54, 1.807) is 0 Å². The number of carbonyl (C=O) groups excluding carboxylic acids is 2. The summed E-state index contributed by atoms with van der Waals surface area (Å²) in [6.07, 6.45) is 1.37. The zero-order valence-electron chi connectivity index (χ0n) is 17.2. The van der Waals surface area contributed by atoms with Crippen LogP contribution in [0.1, 0.15) is 61.9 Å². The van der Waals surface area contributed by atoms with Crippen molar-refractivity contribution in [2.24, 2.45) is 5.41 Å². The third-order valence-corrected chi connectivity index (χ3v) is 5.62. The molecule has 2 aromatic rings. The van der Waals surface area contributed by atoms with Gasteiger partial charge in [-0.2, -0.15) is 0 Å². The van der Waals surface area contributed by atoms with Crippen molar-refractivity contribution in [3.8, 4) is 11.5 Å². The fourth-order valence-electron chi connectivity index (χ4n) is 4.36. The Morgan fingerprint density at radius 1 is 1.10 bits per heavy atom. The summed E-state index contributed by atoms with van der Waals surface area (Å²) >= 11 is 0. The van der Waals surface area contributed by atoms with E-state index in [4.69, 9.17) is 9.47 Å². The number of hydrogen-bond acceptors (Lipinski definition) is 4. The lowest BCUT2D eigenvalue weighted by Gasteiger charge is -2.38. The van der Waals surface area contributed by atoms with Gasteiger partial charge in [0.15, 0.2) is 23.1 Å². The highest BCUT2D eigenvalue weighted by atomic mass is 16.5. The van der Waals surface area contributed by atoms with Crippen LogP contribution in [-0.4, -0.2) is 18.2 Å². The monoisotopic (exact) mass is 390 g/mol. The lowest BCUT2D eigenvalue weighted by Crippen LogP contribution is -2.33. The summed E-state index contributed by atoms with van der Waals surface area (Å²) < 4.78 is 12.0. The predicted molar refractivity (Wildman–Crippen MR) is 111 cm³/mol. The van der Waals surface area contributed by atoms with Crippen molar-refractivity contribution in [2.45, 2.75) is 46.0 Å². The summed E-state index contributed by atoms with van der Waals surface area (Å²) in [7, 11) is 0. The van der Waals surface area contributed by atoms with Crippen LogP contribution in [0.4, 0.5) is 0 Å². The van der Waals surface area contributed by atoms with Gasteiger partial charge >= 0.3 is 0 Å². The number of hydrogen-bond donors (Lipinski definition) is 0. The van der Waals surface area contributed by atoms with Crippen LogP contribution in [0.2, 0.25) is 0 Å². The highest BCUT2D eigenvalue weighted by molar-refractivity contribution is 6.02. The van der Waals surface area contributed by atoms with E-state index in [2.05, 4.69) is 13.8 Å². The summed E-state index contributed by atoms with van der Waals surface area (Å²) in [6.45, 7) is 6.60. The molecule has 29 heavy (non-hydrogen) atoms. The van der Waals surface area contributed by atoms with Crippen molar-refractivity contribution in [1.29, 1.82) is 0 Å². The second-order valence-corrected chi connectivity index (χ2v) is 8.53. The summed E-state index contributed by atoms with van der Waals surface area (Å²) in [5.74, 6) is 1.78. The van der Waals surface area contributed by atoms with Gasteiger partial charge in [-0.05, 0) is 18.4 Å². The molecule has 1 aliphatic carbocycles. The van der Waals surface area contributed by atoms with E-state index < -0.39 is 0 Å². The smallest absolute Gasteiger partial charge is 0.172 e. The number of Topliss-reactive ketones (excluding diaryl/α,β-unsaturated/α-hetero) is 2. The minimum Gasteiger partial charge on any atom is -0.490 e. The molecular weight excluding hydrogens is 364 g/mol. The van der Waals surface area contributed by atoms with Crippen LogP contribution in [0.5, 0.6) is 11.5 Å². The molecule has 1 aliphatic heterocycles. The highest BCUT2D eigenvalue weighted by Gasteiger charge is 2.42. The molecule has 0 aromatic heterocycles. The standard InChI is InChI=1S/C25H26O4/c1-4-28-21-12-8-11-17-18(13-19(26)16-9-6-5-7-10-16)23-20(27)14-25(2,3)15-22(23)29-24(17)21/h5-12,18H,4,13-15H2,1-3H3. The van der Waals surface area contributed by atoms with E-state index in [0.717, 1.165) is 5.56 Å². The largest absolute Gasteiger partial charge is 0.490 e. The molecule has 150 valence electrons. The van der Waals surface area contributed by atoms with Gasteiger partial charge in [0.1, 0.15) is 5.76 Å². The van der Waals surface area contributed by atoms with Crippen molar-refractivity contribution >= 4 is 11.6 Å². The number of para-hydroxylation sites is 1. The van der Waals surface area contributed by atoms with Gasteiger partial charge in [0.25, 0.3) is 0 Å². The molecule has 1 atom stereocenters. The van der Waals surface area contributed by atoms with Crippen LogP contribution in [0.25, 0.3) is 0 Å². The molecule has 4 heteroatoms. The number of allylic oxidation sites excluding steroid dienone is 2. The number of ether oxygens (including phenoxy) is 2. The second-order valence-electron chi connectivity index (χ2n) is 8.53. The first kappa shape index (κ1) is 19.4. The first-order valence-electron chi connectivity index (χ1n) is 10.2. The maximum absolute atomic E-state index is 13.1. The average molecular weight is 390 g/mol. The predicted octanol–water partition coefficient (Wildman–Crippen LogP) is 5.48. The second kappa shape index (κ2) is 7.51. The summed E-state index contributed by atoms with van der Waals surface area (Å²) in [5.41, 5.74) is 2.01. The molecule has 0 spiro atoms. The molecule has 1 unspecified atom stereocenters. The van der Waals surface area contributed by atoms with Gasteiger partial charge in [0.2, 0.25) is 0 Å². The third kappa shape index (κ3) is 3.71. The van der Waals surface area contributed by atoms with Gasteiger partial charge in [-0.1, -0.05) is 56.3 Å². The van der Waals surface area contributed by atoms with E-state index in [1.165, 1.54) is 0 Å². The third-order valence-electron chi connectivity index (χ3n) is 5.62. The summed E-state index contributed by atoms with van der Waals surface area (Å²) in [6, 6.07) is 15.0. The molecule has 0 bridgehead atoms. The Hall–Kier alpha value is -2.88. The Morgan fingerprint density at radius 2 is 1.86 bits per heavy atom. The van der Waals surface area contributed by atoms with Crippen molar-refractivity contribution in [1.82, 2.24) is 0 Å². The average Bonchev–Trinajstić information content (AvgIpc) is 2.68. The fourth-order valence-corrected chi connectivity index (χ4v) is 4.36. The Balaban J connectivity index is 1.80. The minimum absolute atomic E-state index is 0.0229.